The average molecular weight is 352 g/mol. The Morgan fingerprint density at radius 3 is 2.62 bits per heavy atom. The van der Waals surface area contributed by atoms with Crippen molar-refractivity contribution in [2.75, 3.05) is 20.7 Å². The van der Waals surface area contributed by atoms with E-state index in [4.69, 9.17) is 9.15 Å². The van der Waals surface area contributed by atoms with Gasteiger partial charge in [0.25, 0.3) is 0 Å². The number of nitrogens with one attached hydrogen (secondary N) is 1. The van der Waals surface area contributed by atoms with Crippen molar-refractivity contribution in [1.29, 1.82) is 0 Å². The molecule has 0 saturated carbocycles. The summed E-state index contributed by atoms with van der Waals surface area (Å²) in [5.41, 5.74) is 1.90. The summed E-state index contributed by atoms with van der Waals surface area (Å²) in [7, 11) is 3.56. The second-order valence-electron chi connectivity index (χ2n) is 6.40. The van der Waals surface area contributed by atoms with Gasteiger partial charge in [-0.25, -0.2) is 0 Å². The summed E-state index contributed by atoms with van der Waals surface area (Å²) in [5, 5.41) is 4.02. The van der Waals surface area contributed by atoms with Crippen LogP contribution in [0.15, 0.2) is 59.0 Å². The van der Waals surface area contributed by atoms with E-state index in [2.05, 4.69) is 5.32 Å². The Hall–Kier alpha value is -2.79. The monoisotopic (exact) mass is 352 g/mol. The third-order valence-corrected chi connectivity index (χ3v) is 4.56. The standard InChI is InChI=1S/C21H24N2O3/c1-15(20-12-17-6-4-5-7-19(17)26-20)23(2)14-21(24)22-13-16-8-10-18(25-3)11-9-16/h4-12,15H,13-14H2,1-3H3,(H,22,24). The van der Waals surface area contributed by atoms with Crippen LogP contribution in [0.25, 0.3) is 11.0 Å². The highest BCUT2D eigenvalue weighted by atomic mass is 16.5. The number of likely N-dealkylation sites (N-methyl/N-ethyl adjacent to an activating group) is 1. The van der Waals surface area contributed by atoms with E-state index in [0.717, 1.165) is 28.0 Å². The third kappa shape index (κ3) is 4.24. The summed E-state index contributed by atoms with van der Waals surface area (Å²) < 4.78 is 11.0. The molecule has 26 heavy (non-hydrogen) atoms. The molecule has 5 heteroatoms. The van der Waals surface area contributed by atoms with E-state index in [9.17, 15) is 4.79 Å². The Kier molecular flexibility index (Phi) is 5.58. The van der Waals surface area contributed by atoms with E-state index >= 15 is 0 Å². The van der Waals surface area contributed by atoms with Gasteiger partial charge in [-0.3, -0.25) is 9.69 Å². The van der Waals surface area contributed by atoms with Gasteiger partial charge in [-0.2, -0.15) is 0 Å². The fraction of sp³-hybridized carbons (Fsp3) is 0.286. The van der Waals surface area contributed by atoms with Crippen LogP contribution < -0.4 is 10.1 Å². The second-order valence-corrected chi connectivity index (χ2v) is 6.40. The highest BCUT2D eigenvalue weighted by Crippen LogP contribution is 2.26. The van der Waals surface area contributed by atoms with Crippen LogP contribution in [0.5, 0.6) is 5.75 Å². The van der Waals surface area contributed by atoms with Crippen LogP contribution in [-0.4, -0.2) is 31.5 Å². The number of para-hydroxylation sites is 1. The van der Waals surface area contributed by atoms with Crippen LogP contribution in [0, 0.1) is 0 Å². The van der Waals surface area contributed by atoms with E-state index < -0.39 is 0 Å². The number of furan rings is 1. The Morgan fingerprint density at radius 1 is 1.19 bits per heavy atom. The lowest BCUT2D eigenvalue weighted by Crippen LogP contribution is -2.36. The van der Waals surface area contributed by atoms with Gasteiger partial charge in [0.15, 0.2) is 0 Å². The van der Waals surface area contributed by atoms with Gasteiger partial charge in [0.05, 0.1) is 19.7 Å². The summed E-state index contributed by atoms with van der Waals surface area (Å²) in [6.45, 7) is 2.83. The molecule has 1 atom stereocenters. The SMILES string of the molecule is COc1ccc(CNC(=O)CN(C)C(C)c2cc3ccccc3o2)cc1. The molecule has 2 aromatic carbocycles. The van der Waals surface area contributed by atoms with E-state index in [-0.39, 0.29) is 11.9 Å². The maximum Gasteiger partial charge on any atom is 0.234 e. The number of fused-ring (bicyclic) bond motifs is 1. The Balaban J connectivity index is 1.54. The van der Waals surface area contributed by atoms with Gasteiger partial charge in [0.2, 0.25) is 5.91 Å². The van der Waals surface area contributed by atoms with Gasteiger partial charge < -0.3 is 14.5 Å². The Labute approximate surface area is 153 Å². The summed E-state index contributed by atoms with van der Waals surface area (Å²) in [6, 6.07) is 17.6. The lowest BCUT2D eigenvalue weighted by molar-refractivity contribution is -0.122. The zero-order valence-electron chi connectivity index (χ0n) is 15.4. The van der Waals surface area contributed by atoms with Crippen molar-refractivity contribution < 1.29 is 13.9 Å². The van der Waals surface area contributed by atoms with Crippen molar-refractivity contribution in [2.24, 2.45) is 0 Å². The molecule has 5 nitrogen and oxygen atoms in total. The van der Waals surface area contributed by atoms with Crippen molar-refractivity contribution >= 4 is 16.9 Å². The molecule has 0 saturated heterocycles. The van der Waals surface area contributed by atoms with Gasteiger partial charge >= 0.3 is 0 Å². The van der Waals surface area contributed by atoms with Crippen molar-refractivity contribution in [3.8, 4) is 5.75 Å². The predicted octanol–water partition coefficient (Wildman–Crippen LogP) is 3.75. The second kappa shape index (κ2) is 8.06. The van der Waals surface area contributed by atoms with Crippen LogP contribution in [-0.2, 0) is 11.3 Å². The van der Waals surface area contributed by atoms with Crippen molar-refractivity contribution in [3.63, 3.8) is 0 Å². The Bertz CT molecular complexity index is 837. The quantitative estimate of drug-likeness (QED) is 0.704. The number of amides is 1. The topological polar surface area (TPSA) is 54.7 Å². The number of carbonyl (C=O) groups excluding carboxylic acids is 1. The molecule has 3 rings (SSSR count). The molecule has 0 aliphatic heterocycles. The minimum atomic E-state index is -0.0220. The number of hydrogen-bond acceptors (Lipinski definition) is 4. The first-order valence-electron chi connectivity index (χ1n) is 8.65. The number of benzene rings is 2. The molecule has 3 aromatic rings. The van der Waals surface area contributed by atoms with Gasteiger partial charge in [0, 0.05) is 11.9 Å². The van der Waals surface area contributed by atoms with E-state index in [0.29, 0.717) is 13.1 Å². The molecule has 0 spiro atoms. The first kappa shape index (κ1) is 18.0. The first-order valence-corrected chi connectivity index (χ1v) is 8.65. The third-order valence-electron chi connectivity index (χ3n) is 4.56. The number of ether oxygens (including phenoxy) is 1. The molecule has 0 fully saturated rings. The van der Waals surface area contributed by atoms with Crippen LogP contribution in [0.1, 0.15) is 24.3 Å². The molecule has 1 unspecified atom stereocenters. The van der Waals surface area contributed by atoms with Crippen LogP contribution in [0.2, 0.25) is 0 Å². The number of rotatable bonds is 7. The van der Waals surface area contributed by atoms with Crippen LogP contribution in [0.3, 0.4) is 0 Å². The van der Waals surface area contributed by atoms with E-state index in [1.54, 1.807) is 7.11 Å². The van der Waals surface area contributed by atoms with Crippen LogP contribution in [0.4, 0.5) is 0 Å². The van der Waals surface area contributed by atoms with E-state index in [1.165, 1.54) is 0 Å². The van der Waals surface area contributed by atoms with Gasteiger partial charge in [0.1, 0.15) is 17.1 Å². The molecule has 136 valence electrons. The molecule has 0 radical (unpaired) electrons. The summed E-state index contributed by atoms with van der Waals surface area (Å²) >= 11 is 0. The molecule has 1 N–H and O–H groups in total. The lowest BCUT2D eigenvalue weighted by Gasteiger charge is -2.22. The summed E-state index contributed by atoms with van der Waals surface area (Å²) in [4.78, 5) is 14.2. The van der Waals surface area contributed by atoms with E-state index in [1.807, 2.05) is 73.5 Å². The minimum Gasteiger partial charge on any atom is -0.497 e. The molecular weight excluding hydrogens is 328 g/mol. The largest absolute Gasteiger partial charge is 0.497 e. The van der Waals surface area contributed by atoms with Crippen molar-refractivity contribution in [2.45, 2.75) is 19.5 Å². The fourth-order valence-electron chi connectivity index (χ4n) is 2.79. The maximum absolute atomic E-state index is 12.2. The van der Waals surface area contributed by atoms with Gasteiger partial charge in [-0.05, 0) is 43.8 Å². The maximum atomic E-state index is 12.2. The first-order chi connectivity index (χ1) is 12.6. The molecule has 1 aromatic heterocycles. The highest BCUT2D eigenvalue weighted by Gasteiger charge is 2.18. The molecule has 0 aliphatic carbocycles. The van der Waals surface area contributed by atoms with Gasteiger partial charge in [-0.1, -0.05) is 30.3 Å². The number of nitrogens with zero attached hydrogens (tertiary/aromatic N) is 1. The number of carbonyl (C=O) groups is 1. The number of hydrogen-bond donors (Lipinski definition) is 1. The zero-order chi connectivity index (χ0) is 18.5. The molecular formula is C21H24N2O3. The smallest absolute Gasteiger partial charge is 0.234 e. The Morgan fingerprint density at radius 2 is 1.92 bits per heavy atom. The lowest BCUT2D eigenvalue weighted by atomic mass is 10.2. The zero-order valence-corrected chi connectivity index (χ0v) is 15.4. The van der Waals surface area contributed by atoms with Crippen molar-refractivity contribution in [3.05, 3.63) is 65.9 Å². The normalized spacial score (nSPS) is 12.3. The molecule has 1 amide bonds. The summed E-state index contributed by atoms with van der Waals surface area (Å²) in [6.07, 6.45) is 0. The highest BCUT2D eigenvalue weighted by molar-refractivity contribution is 5.79. The van der Waals surface area contributed by atoms with Crippen molar-refractivity contribution in [1.82, 2.24) is 10.2 Å². The summed E-state index contributed by atoms with van der Waals surface area (Å²) in [5.74, 6) is 1.64. The minimum absolute atomic E-state index is 0.00846. The molecule has 1 heterocycles. The van der Waals surface area contributed by atoms with Crippen LogP contribution >= 0.6 is 0 Å². The predicted molar refractivity (Wildman–Crippen MR) is 102 cm³/mol. The van der Waals surface area contributed by atoms with Gasteiger partial charge in [-0.15, -0.1) is 0 Å². The molecule has 0 aliphatic rings. The average Bonchev–Trinajstić information content (AvgIpc) is 3.10. The number of methoxy groups -OCH3 is 1. The fourth-order valence-corrected chi connectivity index (χ4v) is 2.79. The molecule has 0 bridgehead atoms.